The minimum Gasteiger partial charge on any atom is -0.390 e. The Labute approximate surface area is 93.2 Å². The monoisotopic (exact) mass is 211 g/mol. The highest BCUT2D eigenvalue weighted by atomic mass is 16.3. The molecule has 0 spiro atoms. The smallest absolute Gasteiger partial charge is 0.0690 e. The molecule has 0 aromatic carbocycles. The van der Waals surface area contributed by atoms with Crippen LogP contribution in [0.5, 0.6) is 0 Å². The summed E-state index contributed by atoms with van der Waals surface area (Å²) in [5.74, 6) is 0.534. The Morgan fingerprint density at radius 3 is 2.20 bits per heavy atom. The number of nitrogens with two attached hydrogens (primary N) is 1. The standard InChI is InChI=1S/C13H25NO/c14-12-8-5-9-13(15,10-12)11-6-3-1-2-4-7-11/h11-12,15H,1-10,14H2. The van der Waals surface area contributed by atoms with Gasteiger partial charge in [0.15, 0.2) is 0 Å². The van der Waals surface area contributed by atoms with Crippen LogP contribution in [0.1, 0.15) is 64.2 Å². The number of hydrogen-bond acceptors (Lipinski definition) is 2. The number of hydrogen-bond donors (Lipinski definition) is 2. The maximum absolute atomic E-state index is 10.7. The lowest BCUT2D eigenvalue weighted by Crippen LogP contribution is -2.46. The van der Waals surface area contributed by atoms with Gasteiger partial charge in [-0.2, -0.15) is 0 Å². The Bertz CT molecular complexity index is 199. The van der Waals surface area contributed by atoms with Gasteiger partial charge in [0.1, 0.15) is 0 Å². The van der Waals surface area contributed by atoms with Gasteiger partial charge in [-0.05, 0) is 44.4 Å². The van der Waals surface area contributed by atoms with Crippen molar-refractivity contribution in [2.24, 2.45) is 11.7 Å². The molecule has 2 atom stereocenters. The molecule has 0 amide bonds. The summed E-state index contributed by atoms with van der Waals surface area (Å²) in [7, 11) is 0. The molecule has 3 N–H and O–H groups in total. The van der Waals surface area contributed by atoms with Gasteiger partial charge in [-0.1, -0.05) is 25.7 Å². The molecular weight excluding hydrogens is 186 g/mol. The van der Waals surface area contributed by atoms with Crippen molar-refractivity contribution in [1.82, 2.24) is 0 Å². The fourth-order valence-electron chi connectivity index (χ4n) is 3.52. The Kier molecular flexibility index (Phi) is 3.68. The van der Waals surface area contributed by atoms with E-state index in [2.05, 4.69) is 0 Å². The third-order valence-electron chi connectivity index (χ3n) is 4.42. The zero-order chi connectivity index (χ0) is 10.7. The molecule has 2 fully saturated rings. The maximum Gasteiger partial charge on any atom is 0.0690 e. The molecule has 2 aliphatic rings. The molecule has 0 heterocycles. The summed E-state index contributed by atoms with van der Waals surface area (Å²) in [4.78, 5) is 0. The molecule has 2 heteroatoms. The first kappa shape index (κ1) is 11.4. The van der Waals surface area contributed by atoms with Crippen LogP contribution in [0, 0.1) is 5.92 Å². The summed E-state index contributed by atoms with van der Waals surface area (Å²) in [6.07, 6.45) is 11.8. The molecule has 2 unspecified atom stereocenters. The van der Waals surface area contributed by atoms with Crippen molar-refractivity contribution in [3.8, 4) is 0 Å². The molecule has 2 nitrogen and oxygen atoms in total. The van der Waals surface area contributed by atoms with E-state index < -0.39 is 5.60 Å². The Morgan fingerprint density at radius 1 is 0.933 bits per heavy atom. The molecule has 0 aromatic heterocycles. The zero-order valence-corrected chi connectivity index (χ0v) is 9.75. The topological polar surface area (TPSA) is 46.2 Å². The predicted molar refractivity (Wildman–Crippen MR) is 62.6 cm³/mol. The van der Waals surface area contributed by atoms with Crippen molar-refractivity contribution in [3.63, 3.8) is 0 Å². The van der Waals surface area contributed by atoms with E-state index in [0.717, 1.165) is 25.7 Å². The quantitative estimate of drug-likeness (QED) is 0.655. The first-order valence-electron chi connectivity index (χ1n) is 6.69. The normalized spacial score (nSPS) is 40.0. The molecule has 0 saturated heterocycles. The van der Waals surface area contributed by atoms with Crippen molar-refractivity contribution in [2.75, 3.05) is 0 Å². The lowest BCUT2D eigenvalue weighted by atomic mass is 9.71. The van der Waals surface area contributed by atoms with Crippen LogP contribution in [0.3, 0.4) is 0 Å². The average molecular weight is 211 g/mol. The van der Waals surface area contributed by atoms with Crippen LogP contribution < -0.4 is 5.73 Å². The van der Waals surface area contributed by atoms with Crippen LogP contribution in [0.2, 0.25) is 0 Å². The van der Waals surface area contributed by atoms with Gasteiger partial charge in [0.2, 0.25) is 0 Å². The van der Waals surface area contributed by atoms with Gasteiger partial charge < -0.3 is 10.8 Å². The van der Waals surface area contributed by atoms with Crippen LogP contribution in [0.25, 0.3) is 0 Å². The molecule has 2 rings (SSSR count). The minimum absolute atomic E-state index is 0.243. The fourth-order valence-corrected chi connectivity index (χ4v) is 3.52. The van der Waals surface area contributed by atoms with Crippen LogP contribution in [0.4, 0.5) is 0 Å². The van der Waals surface area contributed by atoms with Crippen LogP contribution in [-0.2, 0) is 0 Å². The summed E-state index contributed by atoms with van der Waals surface area (Å²) in [6, 6.07) is 0.243. The minimum atomic E-state index is -0.415. The molecular formula is C13H25NO. The summed E-state index contributed by atoms with van der Waals surface area (Å²) in [6.45, 7) is 0. The van der Waals surface area contributed by atoms with E-state index in [9.17, 15) is 5.11 Å². The largest absolute Gasteiger partial charge is 0.390 e. The lowest BCUT2D eigenvalue weighted by molar-refractivity contribution is -0.0591. The van der Waals surface area contributed by atoms with Gasteiger partial charge >= 0.3 is 0 Å². The van der Waals surface area contributed by atoms with Crippen molar-refractivity contribution in [1.29, 1.82) is 0 Å². The second-order valence-electron chi connectivity index (χ2n) is 5.65. The van der Waals surface area contributed by atoms with E-state index in [1.165, 1.54) is 38.5 Å². The fraction of sp³-hybridized carbons (Fsp3) is 1.00. The molecule has 0 bridgehead atoms. The first-order chi connectivity index (χ1) is 7.21. The van der Waals surface area contributed by atoms with Crippen LogP contribution in [-0.4, -0.2) is 16.7 Å². The third kappa shape index (κ3) is 2.73. The second kappa shape index (κ2) is 4.84. The first-order valence-corrected chi connectivity index (χ1v) is 6.69. The van der Waals surface area contributed by atoms with Crippen LogP contribution >= 0.6 is 0 Å². The van der Waals surface area contributed by atoms with Crippen molar-refractivity contribution in [2.45, 2.75) is 75.9 Å². The van der Waals surface area contributed by atoms with Gasteiger partial charge in [-0.15, -0.1) is 0 Å². The highest BCUT2D eigenvalue weighted by Gasteiger charge is 2.39. The molecule has 0 aromatic rings. The molecule has 15 heavy (non-hydrogen) atoms. The summed E-state index contributed by atoms with van der Waals surface area (Å²) in [5, 5.41) is 10.7. The van der Waals surface area contributed by atoms with Crippen LogP contribution in [0.15, 0.2) is 0 Å². The molecule has 2 aliphatic carbocycles. The van der Waals surface area contributed by atoms with Crippen molar-refractivity contribution >= 4 is 0 Å². The molecule has 2 saturated carbocycles. The second-order valence-corrected chi connectivity index (χ2v) is 5.65. The number of rotatable bonds is 1. The maximum atomic E-state index is 10.7. The van der Waals surface area contributed by atoms with E-state index in [1.807, 2.05) is 0 Å². The summed E-state index contributed by atoms with van der Waals surface area (Å²) >= 11 is 0. The highest BCUT2D eigenvalue weighted by molar-refractivity contribution is 4.93. The van der Waals surface area contributed by atoms with Crippen molar-refractivity contribution < 1.29 is 5.11 Å². The SMILES string of the molecule is NC1CCCC(O)(C2CCCCCC2)C1. The Balaban J connectivity index is 1.98. The molecule has 88 valence electrons. The average Bonchev–Trinajstić information content (AvgIpc) is 2.45. The molecule has 0 radical (unpaired) electrons. The van der Waals surface area contributed by atoms with Gasteiger partial charge in [-0.3, -0.25) is 0 Å². The zero-order valence-electron chi connectivity index (χ0n) is 9.75. The lowest BCUT2D eigenvalue weighted by Gasteiger charge is -2.41. The van der Waals surface area contributed by atoms with Crippen molar-refractivity contribution in [3.05, 3.63) is 0 Å². The van der Waals surface area contributed by atoms with E-state index in [0.29, 0.717) is 5.92 Å². The number of aliphatic hydroxyl groups is 1. The van der Waals surface area contributed by atoms with Gasteiger partial charge in [-0.25, -0.2) is 0 Å². The molecule has 0 aliphatic heterocycles. The van der Waals surface area contributed by atoms with E-state index in [4.69, 9.17) is 5.73 Å². The summed E-state index contributed by atoms with van der Waals surface area (Å²) in [5.41, 5.74) is 5.58. The Morgan fingerprint density at radius 2 is 1.60 bits per heavy atom. The predicted octanol–water partition coefficient (Wildman–Crippen LogP) is 2.59. The van der Waals surface area contributed by atoms with E-state index in [-0.39, 0.29) is 6.04 Å². The summed E-state index contributed by atoms with van der Waals surface area (Å²) < 4.78 is 0. The highest BCUT2D eigenvalue weighted by Crippen LogP contribution is 2.40. The van der Waals surface area contributed by atoms with E-state index in [1.54, 1.807) is 0 Å². The Hall–Kier alpha value is -0.0800. The van der Waals surface area contributed by atoms with Gasteiger partial charge in [0.05, 0.1) is 5.60 Å². The van der Waals surface area contributed by atoms with E-state index >= 15 is 0 Å². The van der Waals surface area contributed by atoms with Gasteiger partial charge in [0.25, 0.3) is 0 Å². The van der Waals surface area contributed by atoms with Gasteiger partial charge in [0, 0.05) is 6.04 Å². The third-order valence-corrected chi connectivity index (χ3v) is 4.42.